The van der Waals surface area contributed by atoms with E-state index >= 15 is 0 Å². The van der Waals surface area contributed by atoms with Crippen molar-refractivity contribution in [2.24, 2.45) is 0 Å². The molecule has 7 nitrogen and oxygen atoms in total. The number of para-hydroxylation sites is 1. The molecule has 0 atom stereocenters. The topological polar surface area (TPSA) is 84.3 Å². The van der Waals surface area contributed by atoms with E-state index in [0.717, 1.165) is 11.9 Å². The van der Waals surface area contributed by atoms with E-state index in [4.69, 9.17) is 0 Å². The molecule has 3 aromatic rings. The fourth-order valence-corrected chi connectivity index (χ4v) is 5.18. The van der Waals surface area contributed by atoms with E-state index in [1.54, 1.807) is 44.2 Å². The van der Waals surface area contributed by atoms with Gasteiger partial charge in [0.15, 0.2) is 0 Å². The Morgan fingerprint density at radius 1 is 1.12 bits per heavy atom. The second-order valence-electron chi connectivity index (χ2n) is 7.45. The molecular formula is C23H29FN4O3S. The maximum atomic E-state index is 13.8. The van der Waals surface area contributed by atoms with Crippen molar-refractivity contribution in [2.75, 3.05) is 18.4 Å². The number of nitrogens with zero attached hydrogens (tertiary/aromatic N) is 3. The number of carbonyl (C=O) groups excluding carboxylic acids is 1. The Hall–Kier alpha value is -2.78. The van der Waals surface area contributed by atoms with Crippen LogP contribution < -0.4 is 5.32 Å². The molecule has 1 amide bonds. The predicted molar refractivity (Wildman–Crippen MR) is 123 cm³/mol. The van der Waals surface area contributed by atoms with Crippen LogP contribution in [-0.4, -0.2) is 41.3 Å². The summed E-state index contributed by atoms with van der Waals surface area (Å²) in [6.07, 6.45) is 1.35. The number of fused-ring (bicyclic) bond motifs is 1. The second kappa shape index (κ2) is 10.2. The molecule has 0 saturated carbocycles. The Balaban J connectivity index is 1.85. The summed E-state index contributed by atoms with van der Waals surface area (Å²) in [5, 5.41) is 2.58. The minimum absolute atomic E-state index is 0.131. The molecule has 3 rings (SSSR count). The number of carbonyl (C=O) groups is 1. The summed E-state index contributed by atoms with van der Waals surface area (Å²) in [6.45, 7) is 7.13. The highest BCUT2D eigenvalue weighted by atomic mass is 32.2. The summed E-state index contributed by atoms with van der Waals surface area (Å²) in [5.74, 6) is -0.0982. The number of hydrogen-bond acceptors (Lipinski definition) is 4. The van der Waals surface area contributed by atoms with Crippen molar-refractivity contribution in [1.82, 2.24) is 13.9 Å². The normalized spacial score (nSPS) is 11.9. The van der Waals surface area contributed by atoms with E-state index < -0.39 is 15.8 Å². The highest BCUT2D eigenvalue weighted by Gasteiger charge is 2.23. The number of sulfonamides is 1. The summed E-state index contributed by atoms with van der Waals surface area (Å²) >= 11 is 0. The average molecular weight is 461 g/mol. The van der Waals surface area contributed by atoms with Gasteiger partial charge in [-0.2, -0.15) is 4.31 Å². The minimum Gasteiger partial charge on any atom is -0.328 e. The van der Waals surface area contributed by atoms with Gasteiger partial charge in [0.2, 0.25) is 15.9 Å². The molecule has 1 N–H and O–H groups in total. The molecule has 9 heteroatoms. The highest BCUT2D eigenvalue weighted by molar-refractivity contribution is 7.89. The van der Waals surface area contributed by atoms with Crippen LogP contribution in [0.3, 0.4) is 0 Å². The number of imidazole rings is 1. The van der Waals surface area contributed by atoms with Crippen molar-refractivity contribution in [2.45, 2.75) is 51.5 Å². The third-order valence-corrected chi connectivity index (χ3v) is 7.36. The maximum Gasteiger partial charge on any atom is 0.243 e. The van der Waals surface area contributed by atoms with Gasteiger partial charge in [0, 0.05) is 32.5 Å². The van der Waals surface area contributed by atoms with Crippen LogP contribution in [0.15, 0.2) is 47.4 Å². The van der Waals surface area contributed by atoms with E-state index in [0.29, 0.717) is 37.4 Å². The Labute approximate surface area is 188 Å². The molecule has 0 unspecified atom stereocenters. The van der Waals surface area contributed by atoms with E-state index in [1.165, 1.54) is 16.4 Å². The van der Waals surface area contributed by atoms with Gasteiger partial charge in [-0.1, -0.05) is 32.9 Å². The first-order chi connectivity index (χ1) is 15.3. The highest BCUT2D eigenvalue weighted by Crippen LogP contribution is 2.24. The fourth-order valence-electron chi connectivity index (χ4n) is 3.70. The number of benzene rings is 2. The Kier molecular flexibility index (Phi) is 7.63. The van der Waals surface area contributed by atoms with Crippen LogP contribution in [0, 0.1) is 5.82 Å². The smallest absolute Gasteiger partial charge is 0.243 e. The van der Waals surface area contributed by atoms with E-state index in [1.807, 2.05) is 11.5 Å². The first-order valence-electron chi connectivity index (χ1n) is 10.9. The second-order valence-corrected chi connectivity index (χ2v) is 9.39. The van der Waals surface area contributed by atoms with Gasteiger partial charge in [0.1, 0.15) is 11.6 Å². The summed E-state index contributed by atoms with van der Waals surface area (Å²) in [6, 6.07) is 11.0. The Morgan fingerprint density at radius 3 is 2.50 bits per heavy atom. The molecule has 0 radical (unpaired) electrons. The molecule has 0 aliphatic heterocycles. The lowest BCUT2D eigenvalue weighted by Crippen LogP contribution is -2.30. The first kappa shape index (κ1) is 23.9. The van der Waals surface area contributed by atoms with Gasteiger partial charge >= 0.3 is 0 Å². The molecule has 0 saturated heterocycles. The minimum atomic E-state index is -3.59. The van der Waals surface area contributed by atoms with Crippen molar-refractivity contribution in [3.05, 3.63) is 54.1 Å². The van der Waals surface area contributed by atoms with E-state index in [9.17, 15) is 17.6 Å². The molecule has 172 valence electrons. The number of halogens is 1. The molecule has 1 aromatic heterocycles. The number of hydrogen-bond donors (Lipinski definition) is 1. The monoisotopic (exact) mass is 460 g/mol. The molecule has 0 fully saturated rings. The standard InChI is InChI=1S/C23H29FN4O3S/c1-4-15-28-21-12-11-17(32(30,31)27(5-2)6-3)16-20(21)25-22(28)13-14-23(29)26-19-10-8-7-9-18(19)24/h7-12,16H,4-6,13-15H2,1-3H3,(H,26,29). The Bertz CT molecular complexity index is 1200. The van der Waals surface area contributed by atoms with Gasteiger partial charge < -0.3 is 9.88 Å². The van der Waals surface area contributed by atoms with Gasteiger partial charge in [-0.3, -0.25) is 4.79 Å². The molecule has 0 bridgehead atoms. The van der Waals surface area contributed by atoms with Crippen LogP contribution in [0.25, 0.3) is 11.0 Å². The van der Waals surface area contributed by atoms with Crippen LogP contribution in [-0.2, 0) is 27.8 Å². The van der Waals surface area contributed by atoms with Crippen LogP contribution in [0.5, 0.6) is 0 Å². The van der Waals surface area contributed by atoms with E-state index in [2.05, 4.69) is 10.3 Å². The van der Waals surface area contributed by atoms with Gasteiger partial charge in [0.05, 0.1) is 21.6 Å². The number of rotatable bonds is 10. The zero-order valence-electron chi connectivity index (χ0n) is 18.6. The quantitative estimate of drug-likeness (QED) is 0.492. The Morgan fingerprint density at radius 2 is 1.84 bits per heavy atom. The van der Waals surface area contributed by atoms with Crippen molar-refractivity contribution in [1.29, 1.82) is 0 Å². The number of nitrogens with one attached hydrogen (secondary N) is 1. The molecule has 2 aromatic carbocycles. The van der Waals surface area contributed by atoms with Crippen molar-refractivity contribution in [3.63, 3.8) is 0 Å². The largest absolute Gasteiger partial charge is 0.328 e. The maximum absolute atomic E-state index is 13.8. The molecule has 1 heterocycles. The van der Waals surface area contributed by atoms with Crippen LogP contribution in [0.2, 0.25) is 0 Å². The van der Waals surface area contributed by atoms with Crippen LogP contribution in [0.1, 0.15) is 39.4 Å². The molecular weight excluding hydrogens is 431 g/mol. The number of aromatic nitrogens is 2. The molecule has 32 heavy (non-hydrogen) atoms. The predicted octanol–water partition coefficient (Wildman–Crippen LogP) is 4.19. The third kappa shape index (κ3) is 4.99. The van der Waals surface area contributed by atoms with Gasteiger partial charge in [-0.05, 0) is 36.8 Å². The zero-order valence-corrected chi connectivity index (χ0v) is 19.5. The van der Waals surface area contributed by atoms with Gasteiger partial charge in [0.25, 0.3) is 0 Å². The summed E-state index contributed by atoms with van der Waals surface area (Å²) in [4.78, 5) is 17.2. The summed E-state index contributed by atoms with van der Waals surface area (Å²) in [5.41, 5.74) is 1.55. The van der Waals surface area contributed by atoms with Crippen molar-refractivity contribution >= 4 is 32.7 Å². The van der Waals surface area contributed by atoms with Gasteiger partial charge in [-0.25, -0.2) is 17.8 Å². The van der Waals surface area contributed by atoms with Crippen molar-refractivity contribution in [3.8, 4) is 0 Å². The average Bonchev–Trinajstić information content (AvgIpc) is 3.11. The SMILES string of the molecule is CCCn1c(CCC(=O)Nc2ccccc2F)nc2cc(S(=O)(=O)N(CC)CC)ccc21. The molecule has 0 aliphatic rings. The van der Waals surface area contributed by atoms with Crippen molar-refractivity contribution < 1.29 is 17.6 Å². The fraction of sp³-hybridized carbons (Fsp3) is 0.391. The number of anilines is 1. The first-order valence-corrected chi connectivity index (χ1v) is 12.3. The van der Waals surface area contributed by atoms with E-state index in [-0.39, 0.29) is 22.9 Å². The molecule has 0 spiro atoms. The zero-order chi connectivity index (χ0) is 23.3. The summed E-state index contributed by atoms with van der Waals surface area (Å²) < 4.78 is 43.0. The number of aryl methyl sites for hydroxylation is 2. The van der Waals surface area contributed by atoms with Crippen LogP contribution >= 0.6 is 0 Å². The number of amides is 1. The third-order valence-electron chi connectivity index (χ3n) is 5.31. The lowest BCUT2D eigenvalue weighted by Gasteiger charge is -2.18. The van der Waals surface area contributed by atoms with Gasteiger partial charge in [-0.15, -0.1) is 0 Å². The lowest BCUT2D eigenvalue weighted by atomic mass is 10.2. The summed E-state index contributed by atoms with van der Waals surface area (Å²) in [7, 11) is -3.59. The lowest BCUT2D eigenvalue weighted by molar-refractivity contribution is -0.116. The van der Waals surface area contributed by atoms with Crippen LogP contribution in [0.4, 0.5) is 10.1 Å². The molecule has 0 aliphatic carbocycles.